The second kappa shape index (κ2) is 7.80. The van der Waals surface area contributed by atoms with Gasteiger partial charge < -0.3 is 19.9 Å². The van der Waals surface area contributed by atoms with Crippen LogP contribution in [0.25, 0.3) is 0 Å². The summed E-state index contributed by atoms with van der Waals surface area (Å²) < 4.78 is 4.97. The van der Waals surface area contributed by atoms with E-state index < -0.39 is 0 Å². The lowest BCUT2D eigenvalue weighted by molar-refractivity contribution is 0.0566. The molecule has 0 aromatic carbocycles. The number of hydrogen-bond donors (Lipinski definition) is 1. The molecule has 2 heterocycles. The van der Waals surface area contributed by atoms with Crippen LogP contribution in [0.1, 0.15) is 31.3 Å². The first-order valence-electron chi connectivity index (χ1n) is 7.94. The number of ether oxygens (including phenoxy) is 1. The number of aromatic nitrogens is 1. The second-order valence-electron chi connectivity index (χ2n) is 5.71. The molecule has 0 atom stereocenters. The number of carbonyl (C=O) groups excluding carboxylic acids is 2. The van der Waals surface area contributed by atoms with Crippen molar-refractivity contribution in [1.82, 2.24) is 14.8 Å². The fraction of sp³-hybridized carbons (Fsp3) is 0.562. The van der Waals surface area contributed by atoms with Crippen LogP contribution >= 0.6 is 0 Å². The third-order valence-electron chi connectivity index (χ3n) is 3.53. The molecular weight excluding hydrogens is 296 g/mol. The Bertz CT molecular complexity index is 537. The Morgan fingerprint density at radius 1 is 1.22 bits per heavy atom. The van der Waals surface area contributed by atoms with Crippen LogP contribution in [0, 0.1) is 0 Å². The number of piperazine rings is 1. The Labute approximate surface area is 136 Å². The largest absolute Gasteiger partial charge is 0.450 e. The molecule has 0 unspecified atom stereocenters. The summed E-state index contributed by atoms with van der Waals surface area (Å²) in [6.07, 6.45) is 1.35. The number of carbonyl (C=O) groups is 2. The molecule has 1 N–H and O–H groups in total. The first-order valence-corrected chi connectivity index (χ1v) is 7.94. The van der Waals surface area contributed by atoms with Gasteiger partial charge in [-0.05, 0) is 32.9 Å². The van der Waals surface area contributed by atoms with E-state index in [1.165, 1.54) is 0 Å². The van der Waals surface area contributed by atoms with E-state index >= 15 is 0 Å². The Balaban J connectivity index is 1.90. The average molecular weight is 320 g/mol. The van der Waals surface area contributed by atoms with Gasteiger partial charge in [0.25, 0.3) is 5.91 Å². The van der Waals surface area contributed by atoms with Crippen molar-refractivity contribution >= 4 is 17.7 Å². The number of amides is 2. The predicted octanol–water partition coefficient (Wildman–Crippen LogP) is 1.82. The zero-order valence-corrected chi connectivity index (χ0v) is 13.9. The maximum Gasteiger partial charge on any atom is 0.409 e. The highest BCUT2D eigenvalue weighted by atomic mass is 16.6. The molecule has 2 amide bonds. The molecule has 0 aliphatic carbocycles. The number of hydrogen-bond acceptors (Lipinski definition) is 5. The van der Waals surface area contributed by atoms with Crippen LogP contribution in [0.5, 0.6) is 0 Å². The Hall–Kier alpha value is -2.31. The smallest absolute Gasteiger partial charge is 0.409 e. The number of pyridine rings is 1. The summed E-state index contributed by atoms with van der Waals surface area (Å²) in [6.45, 7) is 8.18. The zero-order valence-electron chi connectivity index (χ0n) is 13.9. The Morgan fingerprint density at radius 3 is 2.39 bits per heavy atom. The van der Waals surface area contributed by atoms with Crippen molar-refractivity contribution in [2.75, 3.05) is 38.1 Å². The molecule has 2 rings (SSSR count). The van der Waals surface area contributed by atoms with Gasteiger partial charge >= 0.3 is 6.09 Å². The van der Waals surface area contributed by atoms with Gasteiger partial charge in [0, 0.05) is 32.2 Å². The lowest BCUT2D eigenvalue weighted by atomic mass is 10.2. The molecule has 0 saturated carbocycles. The molecule has 1 aliphatic rings. The van der Waals surface area contributed by atoms with Crippen molar-refractivity contribution in [3.05, 3.63) is 24.0 Å². The van der Waals surface area contributed by atoms with Gasteiger partial charge in [0.05, 0.1) is 18.5 Å². The molecule has 0 spiro atoms. The molecule has 23 heavy (non-hydrogen) atoms. The molecule has 0 radical (unpaired) electrons. The highest BCUT2D eigenvalue weighted by Gasteiger charge is 2.25. The van der Waals surface area contributed by atoms with Crippen molar-refractivity contribution in [3.63, 3.8) is 0 Å². The van der Waals surface area contributed by atoms with Crippen LogP contribution < -0.4 is 5.32 Å². The minimum atomic E-state index is -0.318. The van der Waals surface area contributed by atoms with E-state index in [1.807, 2.05) is 19.9 Å². The van der Waals surface area contributed by atoms with E-state index in [4.69, 9.17) is 4.74 Å². The quantitative estimate of drug-likeness (QED) is 0.916. The molecule has 1 saturated heterocycles. The van der Waals surface area contributed by atoms with E-state index in [9.17, 15) is 9.59 Å². The number of anilines is 1. The Morgan fingerprint density at radius 2 is 1.87 bits per heavy atom. The fourth-order valence-electron chi connectivity index (χ4n) is 2.41. The molecule has 0 bridgehead atoms. The standard InChI is InChI=1S/C16H24N4O3/c1-4-23-16(22)20-9-7-19(8-10-20)15(21)14-6-5-13(11-17-14)18-12(2)3/h5-6,11-12,18H,4,7-10H2,1-3H3. The maximum absolute atomic E-state index is 12.4. The lowest BCUT2D eigenvalue weighted by Gasteiger charge is -2.33. The number of rotatable bonds is 4. The van der Waals surface area contributed by atoms with Crippen LogP contribution in [-0.2, 0) is 4.74 Å². The second-order valence-corrected chi connectivity index (χ2v) is 5.71. The predicted molar refractivity (Wildman–Crippen MR) is 87.5 cm³/mol. The molecule has 1 aliphatic heterocycles. The molecular formula is C16H24N4O3. The van der Waals surface area contributed by atoms with E-state index in [0.717, 1.165) is 5.69 Å². The van der Waals surface area contributed by atoms with E-state index in [1.54, 1.807) is 29.0 Å². The molecule has 1 fully saturated rings. The molecule has 126 valence electrons. The van der Waals surface area contributed by atoms with Gasteiger partial charge in [0.2, 0.25) is 0 Å². The third-order valence-corrected chi connectivity index (χ3v) is 3.53. The van der Waals surface area contributed by atoms with Crippen LogP contribution in [0.2, 0.25) is 0 Å². The van der Waals surface area contributed by atoms with Gasteiger partial charge in [0.1, 0.15) is 5.69 Å². The van der Waals surface area contributed by atoms with Crippen LogP contribution in [0.4, 0.5) is 10.5 Å². The van der Waals surface area contributed by atoms with E-state index in [2.05, 4.69) is 10.3 Å². The van der Waals surface area contributed by atoms with Crippen molar-refractivity contribution in [1.29, 1.82) is 0 Å². The third kappa shape index (κ3) is 4.58. The number of nitrogens with one attached hydrogen (secondary N) is 1. The molecule has 1 aromatic heterocycles. The topological polar surface area (TPSA) is 74.8 Å². The summed E-state index contributed by atoms with van der Waals surface area (Å²) in [5.74, 6) is -0.107. The average Bonchev–Trinajstić information content (AvgIpc) is 2.55. The van der Waals surface area contributed by atoms with Crippen molar-refractivity contribution in [2.24, 2.45) is 0 Å². The van der Waals surface area contributed by atoms with Crippen LogP contribution in [0.3, 0.4) is 0 Å². The Kier molecular flexibility index (Phi) is 5.78. The van der Waals surface area contributed by atoms with Gasteiger partial charge in [-0.3, -0.25) is 4.79 Å². The molecule has 1 aromatic rings. The lowest BCUT2D eigenvalue weighted by Crippen LogP contribution is -2.50. The normalized spacial score (nSPS) is 14.8. The minimum Gasteiger partial charge on any atom is -0.450 e. The van der Waals surface area contributed by atoms with Gasteiger partial charge in [0.15, 0.2) is 0 Å². The van der Waals surface area contributed by atoms with Crippen molar-refractivity contribution in [3.8, 4) is 0 Å². The summed E-state index contributed by atoms with van der Waals surface area (Å²) in [4.78, 5) is 31.7. The highest BCUT2D eigenvalue weighted by molar-refractivity contribution is 5.92. The first kappa shape index (κ1) is 17.1. The summed E-state index contributed by atoms with van der Waals surface area (Å²) in [5.41, 5.74) is 1.31. The van der Waals surface area contributed by atoms with E-state index in [-0.39, 0.29) is 12.0 Å². The van der Waals surface area contributed by atoms with Gasteiger partial charge in [-0.1, -0.05) is 0 Å². The zero-order chi connectivity index (χ0) is 16.8. The van der Waals surface area contributed by atoms with Crippen LogP contribution in [0.15, 0.2) is 18.3 Å². The maximum atomic E-state index is 12.4. The summed E-state index contributed by atoms with van der Waals surface area (Å²) in [7, 11) is 0. The van der Waals surface area contributed by atoms with Crippen molar-refractivity contribution in [2.45, 2.75) is 26.8 Å². The van der Waals surface area contributed by atoms with Gasteiger partial charge in [-0.15, -0.1) is 0 Å². The summed E-state index contributed by atoms with van der Waals surface area (Å²) in [5, 5.41) is 3.24. The fourth-order valence-corrected chi connectivity index (χ4v) is 2.41. The molecule has 7 heteroatoms. The van der Waals surface area contributed by atoms with Crippen LogP contribution in [-0.4, -0.2) is 65.6 Å². The number of nitrogens with zero attached hydrogens (tertiary/aromatic N) is 3. The summed E-state index contributed by atoms with van der Waals surface area (Å²) >= 11 is 0. The minimum absolute atomic E-state index is 0.107. The SMILES string of the molecule is CCOC(=O)N1CCN(C(=O)c2ccc(NC(C)C)cn2)CC1. The van der Waals surface area contributed by atoms with Gasteiger partial charge in [-0.25, -0.2) is 9.78 Å². The van der Waals surface area contributed by atoms with Crippen molar-refractivity contribution < 1.29 is 14.3 Å². The summed E-state index contributed by atoms with van der Waals surface area (Å²) in [6, 6.07) is 3.90. The first-order chi connectivity index (χ1) is 11.0. The van der Waals surface area contributed by atoms with Gasteiger partial charge in [-0.2, -0.15) is 0 Å². The molecule has 7 nitrogen and oxygen atoms in total. The van der Waals surface area contributed by atoms with E-state index in [0.29, 0.717) is 44.5 Å². The monoisotopic (exact) mass is 320 g/mol. The highest BCUT2D eigenvalue weighted by Crippen LogP contribution is 2.11.